The van der Waals surface area contributed by atoms with Gasteiger partial charge in [0.15, 0.2) is 0 Å². The standard InChI is InChI=1S/C15H22FN3/c1-5-14-13(11(4)16)8-12(15(9-17)18-14)10-19(6-2)7-3/h5,8H,1,4,6-7,9-10,17H2,2-3H3. The van der Waals surface area contributed by atoms with Crippen LogP contribution in [0.25, 0.3) is 11.9 Å². The van der Waals surface area contributed by atoms with Crippen LogP contribution in [0.1, 0.15) is 36.4 Å². The van der Waals surface area contributed by atoms with Crippen molar-refractivity contribution < 1.29 is 4.39 Å². The minimum Gasteiger partial charge on any atom is -0.325 e. The average molecular weight is 263 g/mol. The third kappa shape index (κ3) is 3.72. The number of nitrogens with zero attached hydrogens (tertiary/aromatic N) is 2. The Morgan fingerprint density at radius 2 is 2.11 bits per heavy atom. The summed E-state index contributed by atoms with van der Waals surface area (Å²) in [5.74, 6) is -0.494. The maximum Gasteiger partial charge on any atom is 0.125 e. The minimum atomic E-state index is -0.494. The smallest absolute Gasteiger partial charge is 0.125 e. The Hall–Kier alpha value is -1.52. The number of hydrogen-bond acceptors (Lipinski definition) is 3. The SMILES string of the molecule is C=Cc1nc(CN)c(CN(CC)CC)cc1C(=C)F. The first-order valence-corrected chi connectivity index (χ1v) is 6.49. The zero-order chi connectivity index (χ0) is 14.4. The van der Waals surface area contributed by atoms with E-state index in [0.717, 1.165) is 24.3 Å². The molecule has 0 saturated heterocycles. The van der Waals surface area contributed by atoms with Gasteiger partial charge in [0.1, 0.15) is 5.83 Å². The summed E-state index contributed by atoms with van der Waals surface area (Å²) < 4.78 is 13.5. The Morgan fingerprint density at radius 3 is 2.53 bits per heavy atom. The molecule has 0 aliphatic carbocycles. The van der Waals surface area contributed by atoms with Crippen molar-refractivity contribution in [3.8, 4) is 0 Å². The van der Waals surface area contributed by atoms with Gasteiger partial charge in [0, 0.05) is 18.7 Å². The van der Waals surface area contributed by atoms with Gasteiger partial charge in [-0.25, -0.2) is 4.39 Å². The van der Waals surface area contributed by atoms with Crippen molar-refractivity contribution in [1.82, 2.24) is 9.88 Å². The van der Waals surface area contributed by atoms with E-state index in [2.05, 4.69) is 36.9 Å². The molecule has 0 fully saturated rings. The van der Waals surface area contributed by atoms with Crippen LogP contribution >= 0.6 is 0 Å². The third-order valence-electron chi connectivity index (χ3n) is 3.19. The van der Waals surface area contributed by atoms with Gasteiger partial charge in [-0.2, -0.15) is 0 Å². The summed E-state index contributed by atoms with van der Waals surface area (Å²) in [6.45, 7) is 14.1. The predicted octanol–water partition coefficient (Wildman–Crippen LogP) is 2.97. The highest BCUT2D eigenvalue weighted by atomic mass is 19.1. The number of halogens is 1. The van der Waals surface area contributed by atoms with E-state index >= 15 is 0 Å². The van der Waals surface area contributed by atoms with Crippen molar-refractivity contribution >= 4 is 11.9 Å². The molecule has 0 radical (unpaired) electrons. The van der Waals surface area contributed by atoms with Crippen molar-refractivity contribution in [2.45, 2.75) is 26.9 Å². The summed E-state index contributed by atoms with van der Waals surface area (Å²) in [6, 6.07) is 1.78. The predicted molar refractivity (Wildman–Crippen MR) is 79.0 cm³/mol. The molecule has 19 heavy (non-hydrogen) atoms. The van der Waals surface area contributed by atoms with Gasteiger partial charge in [-0.1, -0.05) is 27.0 Å². The fourth-order valence-corrected chi connectivity index (χ4v) is 1.98. The van der Waals surface area contributed by atoms with E-state index in [1.165, 1.54) is 6.08 Å². The number of aromatic nitrogens is 1. The molecule has 1 aromatic heterocycles. The third-order valence-corrected chi connectivity index (χ3v) is 3.19. The first-order valence-electron chi connectivity index (χ1n) is 6.49. The van der Waals surface area contributed by atoms with Gasteiger partial charge >= 0.3 is 0 Å². The molecular formula is C15H22FN3. The zero-order valence-corrected chi connectivity index (χ0v) is 11.7. The first-order chi connectivity index (χ1) is 9.07. The second-order valence-corrected chi connectivity index (χ2v) is 4.30. The van der Waals surface area contributed by atoms with Gasteiger partial charge in [0.05, 0.1) is 11.4 Å². The highest BCUT2D eigenvalue weighted by molar-refractivity contribution is 5.67. The molecule has 3 nitrogen and oxygen atoms in total. The van der Waals surface area contributed by atoms with Gasteiger partial charge in [-0.3, -0.25) is 9.88 Å². The van der Waals surface area contributed by atoms with Gasteiger partial charge in [0.25, 0.3) is 0 Å². The Balaban J connectivity index is 3.25. The first kappa shape index (κ1) is 15.5. The molecule has 0 amide bonds. The topological polar surface area (TPSA) is 42.1 Å². The van der Waals surface area contributed by atoms with Crippen LogP contribution in [0.4, 0.5) is 4.39 Å². The van der Waals surface area contributed by atoms with Crippen LogP contribution in [-0.2, 0) is 13.1 Å². The van der Waals surface area contributed by atoms with Gasteiger partial charge < -0.3 is 5.73 Å². The van der Waals surface area contributed by atoms with Crippen LogP contribution < -0.4 is 5.73 Å². The van der Waals surface area contributed by atoms with E-state index in [4.69, 9.17) is 5.73 Å². The second kappa shape index (κ2) is 7.16. The molecule has 0 aliphatic rings. The Labute approximate surface area is 114 Å². The molecule has 2 N–H and O–H groups in total. The van der Waals surface area contributed by atoms with E-state index < -0.39 is 5.83 Å². The van der Waals surface area contributed by atoms with E-state index in [0.29, 0.717) is 24.3 Å². The quantitative estimate of drug-likeness (QED) is 0.822. The van der Waals surface area contributed by atoms with Crippen LogP contribution in [0.5, 0.6) is 0 Å². The molecule has 104 valence electrons. The van der Waals surface area contributed by atoms with E-state index in [9.17, 15) is 4.39 Å². The number of hydrogen-bond donors (Lipinski definition) is 1. The highest BCUT2D eigenvalue weighted by Gasteiger charge is 2.13. The van der Waals surface area contributed by atoms with Gasteiger partial charge in [-0.05, 0) is 30.8 Å². The van der Waals surface area contributed by atoms with E-state index in [-0.39, 0.29) is 0 Å². The molecule has 0 unspecified atom stereocenters. The monoisotopic (exact) mass is 263 g/mol. The molecule has 0 saturated carbocycles. The maximum absolute atomic E-state index is 13.5. The Bertz CT molecular complexity index is 465. The summed E-state index contributed by atoms with van der Waals surface area (Å²) in [4.78, 5) is 6.61. The fraction of sp³-hybridized carbons (Fsp3) is 0.400. The largest absolute Gasteiger partial charge is 0.325 e. The number of pyridine rings is 1. The van der Waals surface area contributed by atoms with Crippen LogP contribution in [0.2, 0.25) is 0 Å². The Morgan fingerprint density at radius 1 is 1.47 bits per heavy atom. The lowest BCUT2D eigenvalue weighted by Gasteiger charge is -2.20. The summed E-state index contributed by atoms with van der Waals surface area (Å²) in [5.41, 5.74) is 8.36. The summed E-state index contributed by atoms with van der Waals surface area (Å²) in [5, 5.41) is 0. The molecule has 4 heteroatoms. The molecule has 0 atom stereocenters. The highest BCUT2D eigenvalue weighted by Crippen LogP contribution is 2.23. The Kier molecular flexibility index (Phi) is 5.86. The molecule has 0 spiro atoms. The second-order valence-electron chi connectivity index (χ2n) is 4.30. The molecule has 0 bridgehead atoms. The normalized spacial score (nSPS) is 10.8. The van der Waals surface area contributed by atoms with Crippen LogP contribution in [-0.4, -0.2) is 23.0 Å². The zero-order valence-electron chi connectivity index (χ0n) is 11.7. The lowest BCUT2D eigenvalue weighted by Crippen LogP contribution is -2.24. The molecule has 1 aromatic rings. The molecule has 1 rings (SSSR count). The van der Waals surface area contributed by atoms with Crippen LogP contribution in [0.3, 0.4) is 0 Å². The van der Waals surface area contributed by atoms with Crippen molar-refractivity contribution in [2.24, 2.45) is 5.73 Å². The maximum atomic E-state index is 13.5. The van der Waals surface area contributed by atoms with Crippen LogP contribution in [0, 0.1) is 0 Å². The van der Waals surface area contributed by atoms with Crippen molar-refractivity contribution in [1.29, 1.82) is 0 Å². The summed E-state index contributed by atoms with van der Waals surface area (Å²) >= 11 is 0. The lowest BCUT2D eigenvalue weighted by molar-refractivity contribution is 0.294. The van der Waals surface area contributed by atoms with Crippen molar-refractivity contribution in [2.75, 3.05) is 13.1 Å². The van der Waals surface area contributed by atoms with Crippen LogP contribution in [0.15, 0.2) is 19.2 Å². The number of nitrogens with two attached hydrogens (primary N) is 1. The lowest BCUT2D eigenvalue weighted by atomic mass is 10.1. The van der Waals surface area contributed by atoms with Gasteiger partial charge in [0.2, 0.25) is 0 Å². The molecule has 0 aromatic carbocycles. The molecular weight excluding hydrogens is 241 g/mol. The van der Waals surface area contributed by atoms with E-state index in [1.807, 2.05) is 0 Å². The van der Waals surface area contributed by atoms with Crippen molar-refractivity contribution in [3.05, 3.63) is 41.7 Å². The summed E-state index contributed by atoms with van der Waals surface area (Å²) in [7, 11) is 0. The van der Waals surface area contributed by atoms with Crippen molar-refractivity contribution in [3.63, 3.8) is 0 Å². The van der Waals surface area contributed by atoms with Gasteiger partial charge in [-0.15, -0.1) is 0 Å². The summed E-state index contributed by atoms with van der Waals surface area (Å²) in [6.07, 6.45) is 1.53. The molecule has 0 aliphatic heterocycles. The molecule has 1 heterocycles. The minimum absolute atomic E-state index is 0.330. The average Bonchev–Trinajstić information content (AvgIpc) is 2.43. The number of rotatable bonds is 7. The van der Waals surface area contributed by atoms with E-state index in [1.54, 1.807) is 6.07 Å². The fourth-order valence-electron chi connectivity index (χ4n) is 1.98.